The molecule has 0 aliphatic carbocycles. The van der Waals surface area contributed by atoms with Crippen LogP contribution in [-0.2, 0) is 0 Å². The predicted octanol–water partition coefficient (Wildman–Crippen LogP) is 4.35. The fourth-order valence-corrected chi connectivity index (χ4v) is 4.01. The first-order valence-electron chi connectivity index (χ1n) is 9.84. The fraction of sp³-hybridized carbons (Fsp3) is 0.304. The molecule has 1 N–H and O–H groups in total. The van der Waals surface area contributed by atoms with E-state index in [9.17, 15) is 14.3 Å². The summed E-state index contributed by atoms with van der Waals surface area (Å²) < 4.78 is 15.3. The molecule has 2 aromatic carbocycles. The van der Waals surface area contributed by atoms with Crippen molar-refractivity contribution in [3.05, 3.63) is 76.9 Å². The summed E-state index contributed by atoms with van der Waals surface area (Å²) in [6.07, 6.45) is 1.66. The molecule has 4 rings (SSSR count). The molecule has 0 saturated carbocycles. The van der Waals surface area contributed by atoms with E-state index in [0.29, 0.717) is 24.6 Å². The van der Waals surface area contributed by atoms with E-state index in [1.165, 1.54) is 23.4 Å². The number of nitrogens with zero attached hydrogens (tertiary/aromatic N) is 3. The Bertz CT molecular complexity index is 1050. The van der Waals surface area contributed by atoms with Gasteiger partial charge in [-0.05, 0) is 62.6 Å². The molecule has 29 heavy (non-hydrogen) atoms. The number of piperidine rings is 1. The molecule has 1 amide bonds. The molecule has 1 saturated heterocycles. The highest BCUT2D eigenvalue weighted by Gasteiger charge is 2.27. The summed E-state index contributed by atoms with van der Waals surface area (Å²) in [4.78, 5) is 14.5. The molecule has 6 heteroatoms. The van der Waals surface area contributed by atoms with Gasteiger partial charge in [0.15, 0.2) is 11.6 Å². The Labute approximate surface area is 169 Å². The number of para-hydroxylation sites is 1. The summed E-state index contributed by atoms with van der Waals surface area (Å²) in [6.45, 7) is 5.30. The SMILES string of the molecule is Cc1cc(C2CCN(C(=O)c3ccc(F)c(O)c3)CC2)n(-c2ccccc2C)n1. The van der Waals surface area contributed by atoms with Crippen LogP contribution in [0.25, 0.3) is 5.69 Å². The lowest BCUT2D eigenvalue weighted by Crippen LogP contribution is -2.38. The Morgan fingerprint density at radius 3 is 2.52 bits per heavy atom. The molecule has 150 valence electrons. The number of amides is 1. The van der Waals surface area contributed by atoms with Crippen molar-refractivity contribution in [3.63, 3.8) is 0 Å². The third-order valence-electron chi connectivity index (χ3n) is 5.60. The zero-order chi connectivity index (χ0) is 20.5. The van der Waals surface area contributed by atoms with Crippen LogP contribution in [0.15, 0.2) is 48.5 Å². The second-order valence-corrected chi connectivity index (χ2v) is 7.64. The van der Waals surface area contributed by atoms with E-state index in [2.05, 4.69) is 25.1 Å². The number of phenolic OH excluding ortho intramolecular Hbond substituents is 1. The van der Waals surface area contributed by atoms with Gasteiger partial charge in [0, 0.05) is 30.3 Å². The van der Waals surface area contributed by atoms with Gasteiger partial charge in [-0.1, -0.05) is 18.2 Å². The third-order valence-corrected chi connectivity index (χ3v) is 5.60. The van der Waals surface area contributed by atoms with Crippen molar-refractivity contribution in [2.24, 2.45) is 0 Å². The van der Waals surface area contributed by atoms with Gasteiger partial charge in [-0.3, -0.25) is 4.79 Å². The fourth-order valence-electron chi connectivity index (χ4n) is 4.01. The summed E-state index contributed by atoms with van der Waals surface area (Å²) in [5.74, 6) is -1.09. The van der Waals surface area contributed by atoms with Crippen molar-refractivity contribution in [3.8, 4) is 11.4 Å². The highest BCUT2D eigenvalue weighted by atomic mass is 19.1. The number of benzene rings is 2. The van der Waals surface area contributed by atoms with Crippen LogP contribution in [0.1, 0.15) is 46.1 Å². The molecule has 0 spiro atoms. The second-order valence-electron chi connectivity index (χ2n) is 7.64. The molecular weight excluding hydrogens is 369 g/mol. The smallest absolute Gasteiger partial charge is 0.253 e. The van der Waals surface area contributed by atoms with E-state index in [1.807, 2.05) is 23.7 Å². The van der Waals surface area contributed by atoms with Gasteiger partial charge in [0.05, 0.1) is 11.4 Å². The van der Waals surface area contributed by atoms with Gasteiger partial charge in [-0.2, -0.15) is 5.10 Å². The summed E-state index contributed by atoms with van der Waals surface area (Å²) in [5.41, 5.74) is 4.70. The van der Waals surface area contributed by atoms with Gasteiger partial charge in [0.25, 0.3) is 5.91 Å². The number of hydrogen-bond donors (Lipinski definition) is 1. The Morgan fingerprint density at radius 2 is 1.83 bits per heavy atom. The Balaban J connectivity index is 1.51. The van der Waals surface area contributed by atoms with Crippen LogP contribution in [0, 0.1) is 19.7 Å². The molecule has 0 bridgehead atoms. The van der Waals surface area contributed by atoms with Crippen LogP contribution in [0.5, 0.6) is 5.75 Å². The van der Waals surface area contributed by atoms with Crippen LogP contribution in [0.4, 0.5) is 4.39 Å². The number of rotatable bonds is 3. The second kappa shape index (κ2) is 7.70. The molecule has 3 aromatic rings. The normalized spacial score (nSPS) is 14.9. The average Bonchev–Trinajstić information content (AvgIpc) is 3.11. The van der Waals surface area contributed by atoms with Gasteiger partial charge in [-0.15, -0.1) is 0 Å². The van der Waals surface area contributed by atoms with E-state index in [0.717, 1.165) is 30.3 Å². The van der Waals surface area contributed by atoms with Gasteiger partial charge in [-0.25, -0.2) is 9.07 Å². The zero-order valence-corrected chi connectivity index (χ0v) is 16.6. The number of phenols is 1. The standard InChI is InChI=1S/C23H24FN3O2/c1-15-5-3-4-6-20(15)27-21(13-16(2)25-27)17-9-11-26(12-10-17)23(29)18-7-8-19(24)22(28)14-18/h3-8,13-14,17,28H,9-12H2,1-2H3. The molecule has 0 atom stereocenters. The number of carbonyl (C=O) groups is 1. The first-order chi connectivity index (χ1) is 13.9. The minimum absolute atomic E-state index is 0.178. The minimum atomic E-state index is -0.722. The zero-order valence-electron chi connectivity index (χ0n) is 16.6. The maximum Gasteiger partial charge on any atom is 0.253 e. The largest absolute Gasteiger partial charge is 0.505 e. The van der Waals surface area contributed by atoms with Crippen LogP contribution in [0.2, 0.25) is 0 Å². The van der Waals surface area contributed by atoms with Crippen LogP contribution in [0.3, 0.4) is 0 Å². The number of likely N-dealkylation sites (tertiary alicyclic amines) is 1. The number of aromatic hydroxyl groups is 1. The summed E-state index contributed by atoms with van der Waals surface area (Å²) in [6, 6.07) is 14.1. The highest BCUT2D eigenvalue weighted by molar-refractivity contribution is 5.94. The topological polar surface area (TPSA) is 58.4 Å². The van der Waals surface area contributed by atoms with Gasteiger partial charge < -0.3 is 10.0 Å². The summed E-state index contributed by atoms with van der Waals surface area (Å²) in [5, 5.41) is 14.3. The molecule has 5 nitrogen and oxygen atoms in total. The van der Waals surface area contributed by atoms with Crippen LogP contribution in [-0.4, -0.2) is 38.8 Å². The summed E-state index contributed by atoms with van der Waals surface area (Å²) in [7, 11) is 0. The number of carbonyl (C=O) groups excluding carboxylic acids is 1. The lowest BCUT2D eigenvalue weighted by atomic mass is 9.92. The number of aromatic nitrogens is 2. The molecule has 1 aliphatic rings. The third kappa shape index (κ3) is 3.75. The van der Waals surface area contributed by atoms with Crippen LogP contribution < -0.4 is 0 Å². The Kier molecular flexibility index (Phi) is 5.09. The molecule has 2 heterocycles. The van der Waals surface area contributed by atoms with Gasteiger partial charge >= 0.3 is 0 Å². The lowest BCUT2D eigenvalue weighted by molar-refractivity contribution is 0.0711. The van der Waals surface area contributed by atoms with Crippen molar-refractivity contribution in [2.75, 3.05) is 13.1 Å². The van der Waals surface area contributed by atoms with E-state index >= 15 is 0 Å². The first-order valence-corrected chi connectivity index (χ1v) is 9.84. The van der Waals surface area contributed by atoms with Gasteiger partial charge in [0.1, 0.15) is 0 Å². The van der Waals surface area contributed by atoms with Crippen molar-refractivity contribution < 1.29 is 14.3 Å². The molecular formula is C23H24FN3O2. The first kappa shape index (κ1) is 19.2. The lowest BCUT2D eigenvalue weighted by Gasteiger charge is -2.32. The maximum atomic E-state index is 13.3. The van der Waals surface area contributed by atoms with Crippen LogP contribution >= 0.6 is 0 Å². The monoisotopic (exact) mass is 393 g/mol. The molecule has 1 aromatic heterocycles. The number of halogens is 1. The Hall–Kier alpha value is -3.15. The molecule has 0 radical (unpaired) electrons. The predicted molar refractivity (Wildman–Crippen MR) is 109 cm³/mol. The molecule has 0 unspecified atom stereocenters. The van der Waals surface area contributed by atoms with Crippen molar-refractivity contribution in [1.29, 1.82) is 0 Å². The average molecular weight is 393 g/mol. The van der Waals surface area contributed by atoms with E-state index in [1.54, 1.807) is 4.90 Å². The van der Waals surface area contributed by atoms with Gasteiger partial charge in [0.2, 0.25) is 0 Å². The van der Waals surface area contributed by atoms with E-state index in [4.69, 9.17) is 5.10 Å². The van der Waals surface area contributed by atoms with Crippen molar-refractivity contribution in [2.45, 2.75) is 32.6 Å². The quantitative estimate of drug-likeness (QED) is 0.720. The molecule has 1 aliphatic heterocycles. The van der Waals surface area contributed by atoms with Crippen molar-refractivity contribution >= 4 is 5.91 Å². The number of aryl methyl sites for hydroxylation is 2. The highest BCUT2D eigenvalue weighted by Crippen LogP contribution is 2.31. The van der Waals surface area contributed by atoms with Crippen molar-refractivity contribution in [1.82, 2.24) is 14.7 Å². The summed E-state index contributed by atoms with van der Waals surface area (Å²) >= 11 is 0. The maximum absolute atomic E-state index is 13.3. The van der Waals surface area contributed by atoms with E-state index < -0.39 is 11.6 Å². The Morgan fingerprint density at radius 1 is 1.10 bits per heavy atom. The van der Waals surface area contributed by atoms with E-state index in [-0.39, 0.29) is 5.91 Å². The minimum Gasteiger partial charge on any atom is -0.505 e. The molecule has 1 fully saturated rings. The number of hydrogen-bond acceptors (Lipinski definition) is 3.